The number of rotatable bonds is 17. The van der Waals surface area contributed by atoms with Gasteiger partial charge in [0.2, 0.25) is 23.6 Å². The number of hydrogen-bond acceptors (Lipinski definition) is 9. The maximum absolute atomic E-state index is 13.7. The van der Waals surface area contributed by atoms with Gasteiger partial charge in [-0.1, -0.05) is 83.4 Å². The predicted molar refractivity (Wildman–Crippen MR) is 204 cm³/mol. The van der Waals surface area contributed by atoms with E-state index in [9.17, 15) is 24.0 Å². The van der Waals surface area contributed by atoms with E-state index in [1.54, 1.807) is 44.7 Å². The van der Waals surface area contributed by atoms with Crippen LogP contribution in [0.5, 0.6) is 0 Å². The van der Waals surface area contributed by atoms with Gasteiger partial charge in [0, 0.05) is 27.8 Å². The molecule has 13 heteroatoms. The van der Waals surface area contributed by atoms with Crippen LogP contribution in [-0.2, 0) is 38.2 Å². The van der Waals surface area contributed by atoms with Crippen molar-refractivity contribution < 1.29 is 38.2 Å². The van der Waals surface area contributed by atoms with Crippen molar-refractivity contribution in [2.45, 2.75) is 117 Å². The number of nitrogens with zero attached hydrogens (tertiary/aromatic N) is 2. The molecule has 3 N–H and O–H groups in total. The van der Waals surface area contributed by atoms with Crippen molar-refractivity contribution in [3.63, 3.8) is 0 Å². The highest BCUT2D eigenvalue weighted by molar-refractivity contribution is 5.89. The molecule has 6 atom stereocenters. The predicted octanol–water partition coefficient (Wildman–Crippen LogP) is 3.72. The highest BCUT2D eigenvalue weighted by Crippen LogP contribution is 2.29. The Labute approximate surface area is 313 Å². The monoisotopic (exact) mass is 736 g/mol. The lowest BCUT2D eigenvalue weighted by molar-refractivity contribution is -0.146. The minimum atomic E-state index is -0.831. The second kappa shape index (κ2) is 25.4. The second-order valence-corrected chi connectivity index (χ2v) is 13.9. The van der Waals surface area contributed by atoms with Gasteiger partial charge in [0.25, 0.3) is 0 Å². The molecular weight excluding hydrogens is 666 g/mol. The van der Waals surface area contributed by atoms with Crippen molar-refractivity contribution in [3.05, 3.63) is 35.9 Å². The zero-order chi connectivity index (χ0) is 40.0. The van der Waals surface area contributed by atoms with E-state index in [0.717, 1.165) is 12.8 Å². The minimum Gasteiger partial charge on any atom is -0.468 e. The molecule has 4 amide bonds. The van der Waals surface area contributed by atoms with Gasteiger partial charge in [-0.3, -0.25) is 24.0 Å². The van der Waals surface area contributed by atoms with Crippen LogP contribution in [0.3, 0.4) is 0 Å². The van der Waals surface area contributed by atoms with Gasteiger partial charge < -0.3 is 40.0 Å². The van der Waals surface area contributed by atoms with E-state index in [1.165, 1.54) is 33.3 Å². The van der Waals surface area contributed by atoms with Crippen LogP contribution in [-0.4, -0.2) is 124 Å². The van der Waals surface area contributed by atoms with E-state index < -0.39 is 35.7 Å². The number of likely N-dealkylation sites (N-methyl/N-ethyl adjacent to an activating group) is 2. The molecular formula is C39H69N5O8. The third-order valence-electron chi connectivity index (χ3n) is 9.47. The fourth-order valence-electron chi connectivity index (χ4n) is 5.87. The quantitative estimate of drug-likeness (QED) is 0.203. The van der Waals surface area contributed by atoms with Gasteiger partial charge in [0.1, 0.15) is 6.54 Å². The Morgan fingerprint density at radius 1 is 0.962 bits per heavy atom. The molecule has 1 aliphatic heterocycles. The molecule has 1 aromatic carbocycles. The molecule has 0 radical (unpaired) electrons. The lowest BCUT2D eigenvalue weighted by Gasteiger charge is -2.39. The smallest absolute Gasteiger partial charge is 0.325 e. The number of benzene rings is 1. The first-order chi connectivity index (χ1) is 24.5. The van der Waals surface area contributed by atoms with E-state index in [2.05, 4.69) is 53.6 Å². The van der Waals surface area contributed by atoms with Crippen molar-refractivity contribution in [1.29, 1.82) is 0 Å². The molecule has 298 valence electrons. The topological polar surface area (TPSA) is 156 Å². The summed E-state index contributed by atoms with van der Waals surface area (Å²) in [4.78, 5) is 66.9. The number of likely N-dealkylation sites (tertiary alicyclic amines) is 1. The van der Waals surface area contributed by atoms with Crippen LogP contribution in [0.4, 0.5) is 0 Å². The van der Waals surface area contributed by atoms with Gasteiger partial charge in [-0.05, 0) is 46.6 Å². The average molecular weight is 736 g/mol. The summed E-state index contributed by atoms with van der Waals surface area (Å²) in [6.45, 7) is 15.6. The largest absolute Gasteiger partial charge is 0.468 e. The zero-order valence-corrected chi connectivity index (χ0v) is 34.2. The minimum absolute atomic E-state index is 0.000721. The molecule has 2 rings (SSSR count). The standard InChI is InChI=1S/C29H53N5O8.C7H8.C3H8/c1-11-18(2)25(33(7)23(36)16-32-28(39)29(4,5)30-6)21(40-8)15-22(35)34-14-12-13-20(34)26(42-10)19(3)27(38)31-17-24(37)41-9;1-7-5-3-2-4-6-7;1-3-2/h18-21,25-26,30H,11-17H2,1-10H3,(H,31,38)(H,32,39);2-6H,1H3;3H2,1-2H3. The number of methoxy groups -OCH3 is 3. The lowest BCUT2D eigenvalue weighted by atomic mass is 9.90. The lowest BCUT2D eigenvalue weighted by Crippen LogP contribution is -2.56. The summed E-state index contributed by atoms with van der Waals surface area (Å²) in [6, 6.07) is 9.50. The third kappa shape index (κ3) is 16.0. The van der Waals surface area contributed by atoms with Crippen molar-refractivity contribution in [3.8, 4) is 0 Å². The Hall–Kier alpha value is -3.55. The summed E-state index contributed by atoms with van der Waals surface area (Å²) in [5.74, 6) is -2.31. The number of hydrogen-bond donors (Lipinski definition) is 3. The first-order valence-electron chi connectivity index (χ1n) is 18.4. The average Bonchev–Trinajstić information content (AvgIpc) is 3.62. The molecule has 0 saturated carbocycles. The van der Waals surface area contributed by atoms with Gasteiger partial charge in [-0.15, -0.1) is 0 Å². The maximum atomic E-state index is 13.7. The van der Waals surface area contributed by atoms with Crippen molar-refractivity contribution >= 4 is 29.6 Å². The Kier molecular flexibility index (Phi) is 23.7. The molecule has 1 aromatic rings. The number of carbonyl (C=O) groups excluding carboxylic acids is 5. The van der Waals surface area contributed by atoms with Crippen LogP contribution in [0, 0.1) is 18.8 Å². The number of amides is 4. The van der Waals surface area contributed by atoms with Crippen LogP contribution in [0.1, 0.15) is 86.1 Å². The summed E-state index contributed by atoms with van der Waals surface area (Å²) in [5, 5.41) is 8.16. The molecule has 0 aliphatic carbocycles. The van der Waals surface area contributed by atoms with Gasteiger partial charge in [-0.25, -0.2) is 0 Å². The number of nitrogens with one attached hydrogen (secondary N) is 3. The number of aryl methyl sites for hydroxylation is 1. The fourth-order valence-corrected chi connectivity index (χ4v) is 5.87. The first-order valence-corrected chi connectivity index (χ1v) is 18.4. The molecule has 1 heterocycles. The van der Waals surface area contributed by atoms with E-state index in [1.807, 2.05) is 32.0 Å². The second-order valence-electron chi connectivity index (χ2n) is 13.9. The van der Waals surface area contributed by atoms with Crippen LogP contribution in [0.25, 0.3) is 0 Å². The van der Waals surface area contributed by atoms with Crippen LogP contribution < -0.4 is 16.0 Å². The van der Waals surface area contributed by atoms with E-state index in [4.69, 9.17) is 9.47 Å². The van der Waals surface area contributed by atoms with Crippen molar-refractivity contribution in [2.75, 3.05) is 55.1 Å². The number of esters is 1. The first kappa shape index (κ1) is 48.5. The van der Waals surface area contributed by atoms with Crippen molar-refractivity contribution in [2.24, 2.45) is 11.8 Å². The Morgan fingerprint density at radius 3 is 2.02 bits per heavy atom. The summed E-state index contributed by atoms with van der Waals surface area (Å²) < 4.78 is 16.1. The molecule has 0 aromatic heterocycles. The van der Waals surface area contributed by atoms with E-state index in [0.29, 0.717) is 13.0 Å². The molecule has 0 spiro atoms. The molecule has 52 heavy (non-hydrogen) atoms. The van der Waals surface area contributed by atoms with Crippen molar-refractivity contribution in [1.82, 2.24) is 25.8 Å². The normalized spacial score (nSPS) is 16.7. The number of carbonyl (C=O) groups is 5. The number of ether oxygens (including phenoxy) is 3. The van der Waals surface area contributed by atoms with E-state index >= 15 is 0 Å². The van der Waals surface area contributed by atoms with Crippen LogP contribution in [0.15, 0.2) is 30.3 Å². The van der Waals surface area contributed by atoms with Gasteiger partial charge >= 0.3 is 5.97 Å². The molecule has 1 saturated heterocycles. The molecule has 1 aliphatic rings. The molecule has 13 nitrogen and oxygen atoms in total. The maximum Gasteiger partial charge on any atom is 0.325 e. The highest BCUT2D eigenvalue weighted by atomic mass is 16.5. The Morgan fingerprint density at radius 2 is 1.56 bits per heavy atom. The highest BCUT2D eigenvalue weighted by Gasteiger charge is 2.42. The van der Waals surface area contributed by atoms with Crippen LogP contribution in [0.2, 0.25) is 0 Å². The van der Waals surface area contributed by atoms with Gasteiger partial charge in [0.05, 0.1) is 55.8 Å². The molecule has 0 bridgehead atoms. The summed E-state index contributed by atoms with van der Waals surface area (Å²) in [7, 11) is 7.61. The summed E-state index contributed by atoms with van der Waals surface area (Å²) in [5.41, 5.74) is 0.491. The van der Waals surface area contributed by atoms with Gasteiger partial charge in [-0.2, -0.15) is 0 Å². The molecule has 6 unspecified atom stereocenters. The summed E-state index contributed by atoms with van der Waals surface area (Å²) >= 11 is 0. The molecule has 1 fully saturated rings. The SMILES string of the molecule is CCC.CCC(C)C(C(CC(=O)N1CCCC1C(OC)C(C)C(=O)NCC(=O)OC)OC)N(C)C(=O)CNC(=O)C(C)(C)NC.Cc1ccccc1. The van der Waals surface area contributed by atoms with Crippen LogP contribution >= 0.6 is 0 Å². The summed E-state index contributed by atoms with van der Waals surface area (Å²) in [6.07, 6.45) is 2.24. The van der Waals surface area contributed by atoms with Gasteiger partial charge in [0.15, 0.2) is 0 Å². The van der Waals surface area contributed by atoms with E-state index in [-0.39, 0.29) is 55.1 Å². The fraction of sp³-hybridized carbons (Fsp3) is 0.718. The zero-order valence-electron chi connectivity index (χ0n) is 34.2. The third-order valence-corrected chi connectivity index (χ3v) is 9.47. The Balaban J connectivity index is 0.00000224. The Bertz CT molecular complexity index is 1210.